The molecule has 104 valence electrons. The maximum absolute atomic E-state index is 12.0. The highest BCUT2D eigenvalue weighted by atomic mass is 16.6. The van der Waals surface area contributed by atoms with E-state index in [4.69, 9.17) is 4.74 Å². The van der Waals surface area contributed by atoms with E-state index in [1.165, 1.54) is 6.92 Å². The molecule has 0 bridgehead atoms. The minimum absolute atomic E-state index is 0.0852. The van der Waals surface area contributed by atoms with Gasteiger partial charge in [-0.1, -0.05) is 30.3 Å². The van der Waals surface area contributed by atoms with Crippen molar-refractivity contribution in [1.29, 1.82) is 0 Å². The lowest BCUT2D eigenvalue weighted by Gasteiger charge is -2.28. The first-order chi connectivity index (χ1) is 8.65. The van der Waals surface area contributed by atoms with E-state index in [-0.39, 0.29) is 6.42 Å². The van der Waals surface area contributed by atoms with Crippen molar-refractivity contribution in [2.24, 2.45) is 0 Å². The fourth-order valence-electron chi connectivity index (χ4n) is 1.59. The summed E-state index contributed by atoms with van der Waals surface area (Å²) in [5.41, 5.74) is -2.18. The molecule has 1 atom stereocenters. The molecule has 0 aliphatic carbocycles. The highest BCUT2D eigenvalue weighted by Gasteiger charge is 2.44. The minimum Gasteiger partial charge on any atom is -0.457 e. The zero-order valence-electron chi connectivity index (χ0n) is 11.8. The number of ether oxygens (including phenoxy) is 1. The van der Waals surface area contributed by atoms with Crippen LogP contribution in [0.25, 0.3) is 0 Å². The Hall–Kier alpha value is -1.68. The van der Waals surface area contributed by atoms with Crippen LogP contribution in [0.4, 0.5) is 0 Å². The van der Waals surface area contributed by atoms with Gasteiger partial charge >= 0.3 is 5.97 Å². The van der Waals surface area contributed by atoms with Gasteiger partial charge in [0.1, 0.15) is 5.60 Å². The Bertz CT molecular complexity index is 459. The lowest BCUT2D eigenvalue weighted by molar-refractivity contribution is -0.179. The summed E-state index contributed by atoms with van der Waals surface area (Å²) >= 11 is 0. The molecule has 0 amide bonds. The van der Waals surface area contributed by atoms with Crippen LogP contribution in [0.5, 0.6) is 0 Å². The molecular formula is C15H20O4. The van der Waals surface area contributed by atoms with Crippen LogP contribution in [0.3, 0.4) is 0 Å². The Kier molecular flexibility index (Phi) is 4.48. The fraction of sp³-hybridized carbons (Fsp3) is 0.467. The quantitative estimate of drug-likeness (QED) is 0.666. The molecule has 0 saturated carbocycles. The van der Waals surface area contributed by atoms with Gasteiger partial charge < -0.3 is 9.84 Å². The number of carbonyl (C=O) groups is 2. The number of rotatable bonds is 4. The molecule has 0 saturated heterocycles. The summed E-state index contributed by atoms with van der Waals surface area (Å²) in [4.78, 5) is 23.7. The van der Waals surface area contributed by atoms with Gasteiger partial charge in [0.05, 0.1) is 0 Å². The summed E-state index contributed by atoms with van der Waals surface area (Å²) in [6.45, 7) is 6.25. The number of hydrogen-bond donors (Lipinski definition) is 1. The first-order valence-corrected chi connectivity index (χ1v) is 6.16. The van der Waals surface area contributed by atoms with Crippen molar-refractivity contribution >= 4 is 11.8 Å². The molecule has 0 aromatic heterocycles. The maximum Gasteiger partial charge on any atom is 0.346 e. The normalized spacial score (nSPS) is 14.6. The second-order valence-corrected chi connectivity index (χ2v) is 5.58. The van der Waals surface area contributed by atoms with E-state index in [9.17, 15) is 14.7 Å². The van der Waals surface area contributed by atoms with Gasteiger partial charge in [-0.25, -0.2) is 4.79 Å². The average Bonchev–Trinajstić information content (AvgIpc) is 2.27. The predicted molar refractivity (Wildman–Crippen MR) is 71.6 cm³/mol. The number of hydrogen-bond acceptors (Lipinski definition) is 4. The Balaban J connectivity index is 2.98. The number of carbonyl (C=O) groups excluding carboxylic acids is 2. The van der Waals surface area contributed by atoms with Gasteiger partial charge in [-0.2, -0.15) is 0 Å². The standard InChI is InChI=1S/C15H20O4/c1-11(16)15(18,13(17)19-14(2,3)4)10-12-8-6-5-7-9-12/h5-9,18H,10H2,1-4H3. The maximum atomic E-state index is 12.0. The molecule has 1 rings (SSSR count). The van der Waals surface area contributed by atoms with Gasteiger partial charge in [0.25, 0.3) is 0 Å². The summed E-state index contributed by atoms with van der Waals surface area (Å²) in [6, 6.07) is 8.89. The van der Waals surface area contributed by atoms with Crippen LogP contribution in [0, 0.1) is 0 Å². The van der Waals surface area contributed by atoms with Gasteiger partial charge in [0, 0.05) is 6.42 Å². The fourth-order valence-corrected chi connectivity index (χ4v) is 1.59. The molecule has 1 N–H and O–H groups in total. The molecule has 0 heterocycles. The van der Waals surface area contributed by atoms with Gasteiger partial charge in [0.2, 0.25) is 5.60 Å². The topological polar surface area (TPSA) is 63.6 Å². The number of aliphatic hydroxyl groups is 1. The zero-order chi connectivity index (χ0) is 14.7. The average molecular weight is 264 g/mol. The van der Waals surface area contributed by atoms with Crippen molar-refractivity contribution in [3.63, 3.8) is 0 Å². The van der Waals surface area contributed by atoms with E-state index in [1.54, 1.807) is 45.0 Å². The van der Waals surface area contributed by atoms with E-state index in [0.29, 0.717) is 5.56 Å². The smallest absolute Gasteiger partial charge is 0.346 e. The van der Waals surface area contributed by atoms with E-state index >= 15 is 0 Å². The number of ketones is 1. The summed E-state index contributed by atoms with van der Waals surface area (Å²) in [5.74, 6) is -1.53. The Morgan fingerprint density at radius 1 is 1.16 bits per heavy atom. The van der Waals surface area contributed by atoms with Crippen molar-refractivity contribution in [1.82, 2.24) is 0 Å². The first kappa shape index (κ1) is 15.4. The van der Waals surface area contributed by atoms with E-state index in [0.717, 1.165) is 0 Å². The molecule has 4 nitrogen and oxygen atoms in total. The van der Waals surface area contributed by atoms with Crippen molar-refractivity contribution in [3.05, 3.63) is 35.9 Å². The Morgan fingerprint density at radius 2 is 1.68 bits per heavy atom. The van der Waals surface area contributed by atoms with Crippen LogP contribution >= 0.6 is 0 Å². The molecule has 1 aromatic carbocycles. The van der Waals surface area contributed by atoms with Gasteiger partial charge in [-0.3, -0.25) is 4.79 Å². The van der Waals surface area contributed by atoms with Crippen LogP contribution in [-0.4, -0.2) is 28.1 Å². The van der Waals surface area contributed by atoms with E-state index < -0.39 is 23.0 Å². The summed E-state index contributed by atoms with van der Waals surface area (Å²) in [5, 5.41) is 10.3. The van der Waals surface area contributed by atoms with E-state index in [2.05, 4.69) is 0 Å². The van der Waals surface area contributed by atoms with Crippen LogP contribution in [0.2, 0.25) is 0 Å². The molecule has 19 heavy (non-hydrogen) atoms. The molecule has 0 aliphatic heterocycles. The number of benzene rings is 1. The van der Waals surface area contributed by atoms with Crippen molar-refractivity contribution in [3.8, 4) is 0 Å². The summed E-state index contributed by atoms with van der Waals surface area (Å²) in [7, 11) is 0. The van der Waals surface area contributed by atoms with Crippen molar-refractivity contribution < 1.29 is 19.4 Å². The molecule has 0 aliphatic rings. The Labute approximate surface area is 113 Å². The van der Waals surface area contributed by atoms with Crippen molar-refractivity contribution in [2.45, 2.75) is 45.3 Å². The largest absolute Gasteiger partial charge is 0.457 e. The van der Waals surface area contributed by atoms with E-state index in [1.807, 2.05) is 6.07 Å². The third-order valence-corrected chi connectivity index (χ3v) is 2.62. The van der Waals surface area contributed by atoms with Crippen LogP contribution in [0.1, 0.15) is 33.3 Å². The SMILES string of the molecule is CC(=O)C(O)(Cc1ccccc1)C(=O)OC(C)(C)C. The predicted octanol–water partition coefficient (Wildman–Crippen LogP) is 1.89. The third kappa shape index (κ3) is 4.17. The highest BCUT2D eigenvalue weighted by molar-refractivity contribution is 6.06. The summed E-state index contributed by atoms with van der Waals surface area (Å²) in [6.07, 6.45) is -0.0852. The lowest BCUT2D eigenvalue weighted by Crippen LogP contribution is -2.50. The second-order valence-electron chi connectivity index (χ2n) is 5.58. The van der Waals surface area contributed by atoms with Crippen LogP contribution in [0.15, 0.2) is 30.3 Å². The zero-order valence-corrected chi connectivity index (χ0v) is 11.8. The van der Waals surface area contributed by atoms with Crippen molar-refractivity contribution in [2.75, 3.05) is 0 Å². The highest BCUT2D eigenvalue weighted by Crippen LogP contribution is 2.20. The number of Topliss-reactive ketones (excluding diaryl/α,β-unsaturated/α-hetero) is 1. The molecule has 1 unspecified atom stereocenters. The second kappa shape index (κ2) is 5.53. The molecule has 1 aromatic rings. The molecule has 0 spiro atoms. The van der Waals surface area contributed by atoms with Gasteiger partial charge in [-0.15, -0.1) is 0 Å². The molecule has 4 heteroatoms. The lowest BCUT2D eigenvalue weighted by atomic mass is 9.90. The molecule has 0 radical (unpaired) electrons. The molecule has 0 fully saturated rings. The summed E-state index contributed by atoms with van der Waals surface area (Å²) < 4.78 is 5.13. The van der Waals surface area contributed by atoms with Gasteiger partial charge in [0.15, 0.2) is 5.78 Å². The number of esters is 1. The van der Waals surface area contributed by atoms with Crippen LogP contribution in [-0.2, 0) is 20.7 Å². The third-order valence-electron chi connectivity index (χ3n) is 2.62. The van der Waals surface area contributed by atoms with Gasteiger partial charge in [-0.05, 0) is 33.3 Å². The van der Waals surface area contributed by atoms with Crippen LogP contribution < -0.4 is 0 Å². The first-order valence-electron chi connectivity index (χ1n) is 6.16. The monoisotopic (exact) mass is 264 g/mol. The molecular weight excluding hydrogens is 244 g/mol. The Morgan fingerprint density at radius 3 is 2.11 bits per heavy atom. The minimum atomic E-state index is -2.13.